The minimum Gasteiger partial charge on any atom is -0.477 e. The number of aromatic carboxylic acids is 1. The summed E-state index contributed by atoms with van der Waals surface area (Å²) in [5, 5.41) is 19.8. The summed E-state index contributed by atoms with van der Waals surface area (Å²) in [6.45, 7) is 2.03. The van der Waals surface area contributed by atoms with Crippen LogP contribution in [0.4, 0.5) is 5.69 Å². The predicted molar refractivity (Wildman–Crippen MR) is 75.9 cm³/mol. The average molecular weight is 287 g/mol. The Bertz CT molecular complexity index is 679. The second-order valence-electron chi connectivity index (χ2n) is 4.34. The predicted octanol–water partition coefficient (Wildman–Crippen LogP) is 3.65. The molecule has 0 atom stereocenters. The number of carboxylic acids is 1. The number of nitro benzene ring substituents is 1. The highest BCUT2D eigenvalue weighted by Gasteiger charge is 2.20. The molecule has 0 aromatic heterocycles. The van der Waals surface area contributed by atoms with Gasteiger partial charge in [0, 0.05) is 12.1 Å². The van der Waals surface area contributed by atoms with Gasteiger partial charge in [0.25, 0.3) is 5.69 Å². The number of nitro groups is 1. The number of aryl methyl sites for hydroxylation is 1. The highest BCUT2D eigenvalue weighted by molar-refractivity contribution is 5.92. The van der Waals surface area contributed by atoms with Crippen LogP contribution in [-0.4, -0.2) is 16.0 Å². The van der Waals surface area contributed by atoms with Gasteiger partial charge in [-0.2, -0.15) is 0 Å². The number of nitrogens with zero attached hydrogens (tertiary/aromatic N) is 1. The average Bonchev–Trinajstić information content (AvgIpc) is 2.47. The van der Waals surface area contributed by atoms with Crippen molar-refractivity contribution in [2.45, 2.75) is 13.3 Å². The Labute approximate surface area is 120 Å². The Morgan fingerprint density at radius 2 is 1.81 bits per heavy atom. The smallest absolute Gasteiger partial charge is 0.342 e. The molecule has 21 heavy (non-hydrogen) atoms. The van der Waals surface area contributed by atoms with Crippen LogP contribution in [0.2, 0.25) is 0 Å². The van der Waals surface area contributed by atoms with Gasteiger partial charge < -0.3 is 9.84 Å². The lowest BCUT2D eigenvalue weighted by Gasteiger charge is -2.07. The molecule has 0 spiro atoms. The molecule has 0 fully saturated rings. The zero-order valence-electron chi connectivity index (χ0n) is 11.3. The summed E-state index contributed by atoms with van der Waals surface area (Å²) in [5.74, 6) is -0.590. The molecule has 6 heteroatoms. The first-order valence-electron chi connectivity index (χ1n) is 6.29. The molecule has 0 aliphatic carbocycles. The Morgan fingerprint density at radius 3 is 2.33 bits per heavy atom. The molecular formula is C15H13NO5. The highest BCUT2D eigenvalue weighted by atomic mass is 16.6. The number of rotatable bonds is 5. The number of carboxylic acid groups (broad SMARTS) is 1. The molecule has 1 N–H and O–H groups in total. The summed E-state index contributed by atoms with van der Waals surface area (Å²) >= 11 is 0. The van der Waals surface area contributed by atoms with Crippen molar-refractivity contribution in [2.75, 3.05) is 0 Å². The van der Waals surface area contributed by atoms with Gasteiger partial charge in [0.15, 0.2) is 0 Å². The van der Waals surface area contributed by atoms with Gasteiger partial charge >= 0.3 is 5.97 Å². The van der Waals surface area contributed by atoms with Gasteiger partial charge in [-0.1, -0.05) is 19.1 Å². The number of hydrogen-bond donors (Lipinski definition) is 1. The molecule has 0 unspecified atom stereocenters. The van der Waals surface area contributed by atoms with Gasteiger partial charge in [-0.15, -0.1) is 0 Å². The van der Waals surface area contributed by atoms with E-state index in [0.29, 0.717) is 5.75 Å². The quantitative estimate of drug-likeness (QED) is 0.669. The molecule has 2 aromatic carbocycles. The van der Waals surface area contributed by atoms with Gasteiger partial charge in [0.1, 0.15) is 17.1 Å². The molecule has 108 valence electrons. The van der Waals surface area contributed by atoms with Crippen molar-refractivity contribution in [3.8, 4) is 11.5 Å². The maximum atomic E-state index is 11.1. The lowest BCUT2D eigenvalue weighted by molar-refractivity contribution is -0.385. The van der Waals surface area contributed by atoms with E-state index in [2.05, 4.69) is 0 Å². The van der Waals surface area contributed by atoms with Gasteiger partial charge in [-0.05, 0) is 30.2 Å². The summed E-state index contributed by atoms with van der Waals surface area (Å²) in [6, 6.07) is 11.0. The zero-order chi connectivity index (χ0) is 15.4. The molecular weight excluding hydrogens is 274 g/mol. The molecule has 0 saturated carbocycles. The zero-order valence-corrected chi connectivity index (χ0v) is 11.3. The van der Waals surface area contributed by atoms with E-state index in [0.717, 1.165) is 24.1 Å². The molecule has 0 saturated heterocycles. The Kier molecular flexibility index (Phi) is 4.18. The summed E-state index contributed by atoms with van der Waals surface area (Å²) < 4.78 is 5.52. The first kappa shape index (κ1) is 14.5. The number of benzene rings is 2. The van der Waals surface area contributed by atoms with Crippen LogP contribution < -0.4 is 4.74 Å². The van der Waals surface area contributed by atoms with Crippen molar-refractivity contribution in [1.82, 2.24) is 0 Å². The fourth-order valence-corrected chi connectivity index (χ4v) is 1.84. The maximum Gasteiger partial charge on any atom is 0.342 e. The largest absolute Gasteiger partial charge is 0.477 e. The summed E-state index contributed by atoms with van der Waals surface area (Å²) in [5.41, 5.74) is 0.288. The van der Waals surface area contributed by atoms with E-state index in [4.69, 9.17) is 9.84 Å². The van der Waals surface area contributed by atoms with Crippen LogP contribution >= 0.6 is 0 Å². The standard InChI is InChI=1S/C15H13NO5/c1-2-10-3-5-11(6-4-10)21-12-7-8-14(16(19)20)13(9-12)15(17)18/h3-9H,2H2,1H3,(H,17,18). The number of ether oxygens (including phenoxy) is 1. The Morgan fingerprint density at radius 1 is 1.19 bits per heavy atom. The number of carbonyl (C=O) groups is 1. The van der Waals surface area contributed by atoms with E-state index in [9.17, 15) is 14.9 Å². The highest BCUT2D eigenvalue weighted by Crippen LogP contribution is 2.28. The van der Waals surface area contributed by atoms with E-state index in [1.807, 2.05) is 19.1 Å². The van der Waals surface area contributed by atoms with E-state index in [-0.39, 0.29) is 5.75 Å². The fraction of sp³-hybridized carbons (Fsp3) is 0.133. The molecule has 0 aliphatic heterocycles. The molecule has 0 radical (unpaired) electrons. The van der Waals surface area contributed by atoms with Crippen molar-refractivity contribution in [1.29, 1.82) is 0 Å². The van der Waals surface area contributed by atoms with Gasteiger partial charge in [0.05, 0.1) is 4.92 Å². The maximum absolute atomic E-state index is 11.1. The number of hydrogen-bond acceptors (Lipinski definition) is 4. The first-order chi connectivity index (χ1) is 10.0. The Hall–Kier alpha value is -2.89. The van der Waals surface area contributed by atoms with Crippen LogP contribution in [0.3, 0.4) is 0 Å². The van der Waals surface area contributed by atoms with Crippen LogP contribution in [0.25, 0.3) is 0 Å². The van der Waals surface area contributed by atoms with Crippen LogP contribution in [-0.2, 0) is 6.42 Å². The van der Waals surface area contributed by atoms with E-state index in [1.165, 1.54) is 6.07 Å². The molecule has 0 amide bonds. The normalized spacial score (nSPS) is 10.1. The molecule has 6 nitrogen and oxygen atoms in total. The second kappa shape index (κ2) is 6.04. The van der Waals surface area contributed by atoms with E-state index < -0.39 is 22.1 Å². The van der Waals surface area contributed by atoms with Crippen molar-refractivity contribution in [2.24, 2.45) is 0 Å². The van der Waals surface area contributed by atoms with Gasteiger partial charge in [-0.25, -0.2) is 4.79 Å². The molecule has 2 rings (SSSR count). The summed E-state index contributed by atoms with van der Waals surface area (Å²) in [4.78, 5) is 21.1. The van der Waals surface area contributed by atoms with Gasteiger partial charge in [-0.3, -0.25) is 10.1 Å². The third-order valence-electron chi connectivity index (χ3n) is 2.96. The summed E-state index contributed by atoms with van der Waals surface area (Å²) in [6.07, 6.45) is 0.904. The second-order valence-corrected chi connectivity index (χ2v) is 4.34. The minimum absolute atomic E-state index is 0.238. The van der Waals surface area contributed by atoms with E-state index in [1.54, 1.807) is 12.1 Å². The minimum atomic E-state index is -1.37. The molecule has 2 aromatic rings. The van der Waals surface area contributed by atoms with Crippen molar-refractivity contribution < 1.29 is 19.6 Å². The van der Waals surface area contributed by atoms with Crippen LogP contribution in [0.5, 0.6) is 11.5 Å². The van der Waals surface area contributed by atoms with Crippen molar-refractivity contribution in [3.05, 3.63) is 63.7 Å². The van der Waals surface area contributed by atoms with Crippen LogP contribution in [0.15, 0.2) is 42.5 Å². The lowest BCUT2D eigenvalue weighted by atomic mass is 10.1. The van der Waals surface area contributed by atoms with Crippen LogP contribution in [0, 0.1) is 10.1 Å². The van der Waals surface area contributed by atoms with Crippen molar-refractivity contribution in [3.63, 3.8) is 0 Å². The SMILES string of the molecule is CCc1ccc(Oc2ccc([N+](=O)[O-])c(C(=O)O)c2)cc1. The molecule has 0 bridgehead atoms. The lowest BCUT2D eigenvalue weighted by Crippen LogP contribution is -2.02. The van der Waals surface area contributed by atoms with E-state index >= 15 is 0 Å². The topological polar surface area (TPSA) is 89.7 Å². The monoisotopic (exact) mass is 287 g/mol. The van der Waals surface area contributed by atoms with Crippen molar-refractivity contribution >= 4 is 11.7 Å². The summed E-state index contributed by atoms with van der Waals surface area (Å²) in [7, 11) is 0. The van der Waals surface area contributed by atoms with Gasteiger partial charge in [0.2, 0.25) is 0 Å². The molecule has 0 aliphatic rings. The third-order valence-corrected chi connectivity index (χ3v) is 2.96. The first-order valence-corrected chi connectivity index (χ1v) is 6.29. The van der Waals surface area contributed by atoms with Crippen LogP contribution in [0.1, 0.15) is 22.8 Å². The fourth-order valence-electron chi connectivity index (χ4n) is 1.84. The third kappa shape index (κ3) is 3.36. The Balaban J connectivity index is 2.29. The molecule has 0 heterocycles.